The molecule has 0 aromatic carbocycles. The molecule has 0 saturated carbocycles. The Labute approximate surface area is 82.8 Å². The maximum absolute atomic E-state index is 3.66. The molecule has 0 aliphatic heterocycles. The van der Waals surface area contributed by atoms with Crippen molar-refractivity contribution in [1.82, 2.24) is 4.98 Å². The third-order valence-electron chi connectivity index (χ3n) is 0.517. The molecule has 9 heavy (non-hydrogen) atoms. The van der Waals surface area contributed by atoms with E-state index < -0.39 is 0 Å². The Balaban J connectivity index is -0.000000120. The summed E-state index contributed by atoms with van der Waals surface area (Å²) < 4.78 is 0. The van der Waals surface area contributed by atoms with Crippen molar-refractivity contribution in [3.63, 3.8) is 0 Å². The summed E-state index contributed by atoms with van der Waals surface area (Å²) in [6.45, 7) is 0. The number of rotatable bonds is 0. The molecule has 1 aromatic heterocycles. The molecule has 0 fully saturated rings. The second-order valence-corrected chi connectivity index (χ2v) is 0.959. The van der Waals surface area contributed by atoms with Crippen molar-refractivity contribution in [1.29, 1.82) is 0 Å². The minimum atomic E-state index is 0. The van der Waals surface area contributed by atoms with Crippen molar-refractivity contribution in [2.75, 3.05) is 0 Å². The summed E-state index contributed by atoms with van der Waals surface area (Å²) in [5.74, 6) is 0. The summed E-state index contributed by atoms with van der Waals surface area (Å²) in [5, 5.41) is 0. The molecule has 1 aromatic rings. The Kier molecular flexibility index (Phi) is 20.2. The fourth-order valence-electron chi connectivity index (χ4n) is 0.277. The maximum Gasteiger partial charge on any atom is 2.00 e. The molecule has 46 valence electrons. The molecule has 0 unspecified atom stereocenters. The molecule has 0 aliphatic rings. The van der Waals surface area contributed by atoms with E-state index in [0.717, 1.165) is 0 Å². The molecule has 1 heterocycles. The van der Waals surface area contributed by atoms with E-state index in [2.05, 4.69) is 11.2 Å². The van der Waals surface area contributed by atoms with Gasteiger partial charge >= 0.3 is 23.1 Å². The van der Waals surface area contributed by atoms with Gasteiger partial charge in [-0.2, -0.15) is 18.2 Å². The molecule has 0 atom stereocenters. The molecule has 0 spiro atoms. The van der Waals surface area contributed by atoms with Gasteiger partial charge in [-0.05, 0) is 0 Å². The number of halogens is 1. The van der Waals surface area contributed by atoms with Crippen molar-refractivity contribution in [3.8, 4) is 0 Å². The van der Waals surface area contributed by atoms with Crippen LogP contribution in [0.15, 0.2) is 24.4 Å². The number of aromatic nitrogens is 1. The summed E-state index contributed by atoms with van der Waals surface area (Å²) >= 11 is 0. The molecular formula is C6H8BrMgN. The van der Waals surface area contributed by atoms with Gasteiger partial charge in [0.15, 0.2) is 0 Å². The normalized spacial score (nSPS) is 5.33. The van der Waals surface area contributed by atoms with Gasteiger partial charge in [0.25, 0.3) is 0 Å². The Morgan fingerprint density at radius 1 is 1.22 bits per heavy atom. The van der Waals surface area contributed by atoms with Crippen LogP contribution in [0.25, 0.3) is 0 Å². The minimum Gasteiger partial charge on any atom is -0.394 e. The van der Waals surface area contributed by atoms with Crippen molar-refractivity contribution in [3.05, 3.63) is 38.0 Å². The van der Waals surface area contributed by atoms with Crippen LogP contribution in [0.1, 0.15) is 0 Å². The number of pyridine rings is 1. The van der Waals surface area contributed by atoms with Crippen LogP contribution in [0, 0.1) is 13.6 Å². The molecule has 1 nitrogen and oxygen atoms in total. The molecule has 0 N–H and O–H groups in total. The van der Waals surface area contributed by atoms with Crippen molar-refractivity contribution in [2.45, 2.75) is 0 Å². The molecule has 1 rings (SSSR count). The third-order valence-corrected chi connectivity index (χ3v) is 0.517. The van der Waals surface area contributed by atoms with Crippen LogP contribution in [0.5, 0.6) is 0 Å². The number of nitrogens with zero attached hydrogens (tertiary/aromatic N) is 1. The van der Waals surface area contributed by atoms with Crippen LogP contribution >= 0.6 is 17.0 Å². The molecular weight excluding hydrogens is 190 g/mol. The summed E-state index contributed by atoms with van der Waals surface area (Å²) in [4.78, 5) is 3.66. The molecule has 0 saturated heterocycles. The quantitative estimate of drug-likeness (QED) is 0.455. The van der Waals surface area contributed by atoms with Crippen molar-refractivity contribution in [2.24, 2.45) is 0 Å². The van der Waals surface area contributed by atoms with Gasteiger partial charge < -0.3 is 12.4 Å². The monoisotopic (exact) mass is 197 g/mol. The van der Waals surface area contributed by atoms with Gasteiger partial charge in [0.05, 0.1) is 0 Å². The van der Waals surface area contributed by atoms with E-state index in [1.807, 2.05) is 12.1 Å². The van der Waals surface area contributed by atoms with Crippen molar-refractivity contribution >= 4 is 40.0 Å². The Hall–Kier alpha value is 0.396. The van der Waals surface area contributed by atoms with Gasteiger partial charge in [-0.3, -0.25) is 0 Å². The van der Waals surface area contributed by atoms with E-state index in [9.17, 15) is 0 Å². The van der Waals surface area contributed by atoms with Gasteiger partial charge in [-0.15, -0.1) is 17.0 Å². The van der Waals surface area contributed by atoms with Gasteiger partial charge in [0.1, 0.15) is 0 Å². The molecule has 0 aliphatic carbocycles. The number of hydrogen-bond donors (Lipinski definition) is 0. The molecule has 0 bridgehead atoms. The van der Waals surface area contributed by atoms with E-state index >= 15 is 0 Å². The predicted molar refractivity (Wildman–Crippen MR) is 45.6 cm³/mol. The molecule has 0 amide bonds. The zero-order chi connectivity index (χ0) is 4.24. The predicted octanol–water partition coefficient (Wildman–Crippen LogP) is 1.53. The van der Waals surface area contributed by atoms with Crippen LogP contribution in [0.3, 0.4) is 0 Å². The van der Waals surface area contributed by atoms with Crippen LogP contribution in [0.4, 0.5) is 0 Å². The van der Waals surface area contributed by atoms with Gasteiger partial charge in [0.2, 0.25) is 0 Å². The first-order valence-electron chi connectivity index (χ1n) is 1.77. The SMILES string of the molecule is Br.[CH3-].[Mg+2].[c-]1ccccn1. The second-order valence-electron chi connectivity index (χ2n) is 0.959. The standard InChI is InChI=1S/C5H4N.CH3.BrH.Mg/c1-2-4-6-5-3-1;;;/h1-4H;1H3;1H;/q2*-1;;+2. The van der Waals surface area contributed by atoms with Gasteiger partial charge in [-0.25, -0.2) is 0 Å². The van der Waals surface area contributed by atoms with Crippen LogP contribution in [-0.2, 0) is 0 Å². The maximum atomic E-state index is 3.66. The zero-order valence-corrected chi connectivity index (χ0v) is 8.50. The Bertz CT molecular complexity index is 85.0. The fourth-order valence-corrected chi connectivity index (χ4v) is 0.277. The Morgan fingerprint density at radius 3 is 2.00 bits per heavy atom. The van der Waals surface area contributed by atoms with Crippen LogP contribution in [0.2, 0.25) is 0 Å². The van der Waals surface area contributed by atoms with E-state index in [4.69, 9.17) is 0 Å². The number of hydrogen-bond acceptors (Lipinski definition) is 1. The average molecular weight is 198 g/mol. The van der Waals surface area contributed by atoms with E-state index in [-0.39, 0.29) is 47.5 Å². The first-order valence-corrected chi connectivity index (χ1v) is 1.77. The summed E-state index contributed by atoms with van der Waals surface area (Å²) in [6, 6.07) is 5.50. The van der Waals surface area contributed by atoms with Crippen LogP contribution in [-0.4, -0.2) is 28.0 Å². The minimum absolute atomic E-state index is 0. The van der Waals surface area contributed by atoms with E-state index in [1.54, 1.807) is 12.3 Å². The first-order chi connectivity index (χ1) is 3.00. The fraction of sp³-hybridized carbons (Fsp3) is 0. The Morgan fingerprint density at radius 2 is 1.89 bits per heavy atom. The van der Waals surface area contributed by atoms with E-state index in [0.29, 0.717) is 0 Å². The smallest absolute Gasteiger partial charge is 0.394 e. The summed E-state index contributed by atoms with van der Waals surface area (Å²) in [5.41, 5.74) is 0. The molecule has 0 radical (unpaired) electrons. The second kappa shape index (κ2) is 11.2. The average Bonchev–Trinajstić information content (AvgIpc) is 1.72. The first kappa shape index (κ1) is 16.2. The summed E-state index contributed by atoms with van der Waals surface area (Å²) in [7, 11) is 0. The summed E-state index contributed by atoms with van der Waals surface area (Å²) in [6.07, 6.45) is 4.34. The topological polar surface area (TPSA) is 12.9 Å². The van der Waals surface area contributed by atoms with Crippen LogP contribution < -0.4 is 0 Å². The third kappa shape index (κ3) is 8.40. The van der Waals surface area contributed by atoms with Gasteiger partial charge in [-0.1, -0.05) is 12.4 Å². The van der Waals surface area contributed by atoms with E-state index in [1.165, 1.54) is 0 Å². The van der Waals surface area contributed by atoms with Gasteiger partial charge in [0, 0.05) is 0 Å². The molecule has 3 heteroatoms. The zero-order valence-electron chi connectivity index (χ0n) is 5.37. The van der Waals surface area contributed by atoms with Crippen molar-refractivity contribution < 1.29 is 0 Å². The largest absolute Gasteiger partial charge is 2.00 e.